The summed E-state index contributed by atoms with van der Waals surface area (Å²) >= 11 is 1.75. The molecule has 0 fully saturated rings. The molecule has 1 rings (SSSR count). The second kappa shape index (κ2) is 4.91. The highest BCUT2D eigenvalue weighted by molar-refractivity contribution is 7.99. The van der Waals surface area contributed by atoms with Crippen molar-refractivity contribution in [1.29, 1.82) is 0 Å². The minimum Gasteiger partial charge on any atom is -0.465 e. The largest absolute Gasteiger partial charge is 0.465 e. The average molecular weight is 211 g/mol. The van der Waals surface area contributed by atoms with Crippen molar-refractivity contribution in [2.24, 2.45) is 0 Å². The van der Waals surface area contributed by atoms with Crippen LogP contribution in [0.1, 0.15) is 13.8 Å². The molecule has 0 spiro atoms. The zero-order chi connectivity index (χ0) is 10.6. The fourth-order valence-corrected chi connectivity index (χ4v) is 1.85. The summed E-state index contributed by atoms with van der Waals surface area (Å²) in [7, 11) is 0. The Morgan fingerprint density at radius 2 is 1.93 bits per heavy atom. The van der Waals surface area contributed by atoms with Crippen LogP contribution in [-0.4, -0.2) is 16.4 Å². The van der Waals surface area contributed by atoms with Gasteiger partial charge in [-0.15, -0.1) is 11.8 Å². The first-order valence-electron chi connectivity index (χ1n) is 4.34. The highest BCUT2D eigenvalue weighted by Crippen LogP contribution is 2.23. The summed E-state index contributed by atoms with van der Waals surface area (Å²) in [4.78, 5) is 11.5. The Morgan fingerprint density at radius 1 is 1.36 bits per heavy atom. The number of thioether (sulfide) groups is 1. The van der Waals surface area contributed by atoms with E-state index < -0.39 is 6.09 Å². The van der Waals surface area contributed by atoms with Gasteiger partial charge in [-0.05, 0) is 24.3 Å². The Hall–Kier alpha value is -1.16. The molecule has 0 unspecified atom stereocenters. The molecule has 0 aromatic heterocycles. The first-order valence-corrected chi connectivity index (χ1v) is 5.22. The highest BCUT2D eigenvalue weighted by atomic mass is 32.2. The summed E-state index contributed by atoms with van der Waals surface area (Å²) in [6, 6.07) is 7.35. The van der Waals surface area contributed by atoms with Crippen LogP contribution in [0.25, 0.3) is 0 Å². The van der Waals surface area contributed by atoms with E-state index in [1.165, 1.54) is 0 Å². The van der Waals surface area contributed by atoms with Crippen molar-refractivity contribution in [3.63, 3.8) is 0 Å². The van der Waals surface area contributed by atoms with E-state index >= 15 is 0 Å². The normalized spacial score (nSPS) is 10.2. The van der Waals surface area contributed by atoms with Gasteiger partial charge in [-0.1, -0.05) is 13.8 Å². The Balaban J connectivity index is 2.63. The molecule has 0 aliphatic rings. The third kappa shape index (κ3) is 3.70. The molecule has 0 radical (unpaired) electrons. The van der Waals surface area contributed by atoms with Crippen molar-refractivity contribution >= 4 is 23.5 Å². The van der Waals surface area contributed by atoms with Gasteiger partial charge in [0.25, 0.3) is 0 Å². The lowest BCUT2D eigenvalue weighted by Gasteiger charge is -2.05. The van der Waals surface area contributed by atoms with Crippen LogP contribution >= 0.6 is 11.8 Å². The summed E-state index contributed by atoms with van der Waals surface area (Å²) in [5.74, 6) is 0. The molecule has 76 valence electrons. The second-order valence-electron chi connectivity index (χ2n) is 3.12. The predicted octanol–water partition coefficient (Wildman–Crippen LogP) is 3.28. The second-order valence-corrected chi connectivity index (χ2v) is 4.77. The molecule has 1 amide bonds. The van der Waals surface area contributed by atoms with Crippen LogP contribution in [0, 0.1) is 0 Å². The van der Waals surface area contributed by atoms with E-state index in [1.807, 2.05) is 12.1 Å². The molecule has 4 heteroatoms. The summed E-state index contributed by atoms with van der Waals surface area (Å²) in [5.41, 5.74) is 0.602. The number of benzene rings is 1. The SMILES string of the molecule is CC(C)Sc1ccc(NC(=O)O)cc1. The van der Waals surface area contributed by atoms with E-state index in [-0.39, 0.29) is 0 Å². The number of anilines is 1. The average Bonchev–Trinajstić information content (AvgIpc) is 2.06. The molecule has 1 aromatic rings. The number of hydrogen-bond acceptors (Lipinski definition) is 2. The molecule has 0 aliphatic carbocycles. The molecule has 0 aliphatic heterocycles. The number of amides is 1. The minimum absolute atomic E-state index is 0.535. The maximum atomic E-state index is 10.3. The number of rotatable bonds is 3. The van der Waals surface area contributed by atoms with Crippen molar-refractivity contribution < 1.29 is 9.90 Å². The van der Waals surface area contributed by atoms with Crippen LogP contribution in [-0.2, 0) is 0 Å². The lowest BCUT2D eigenvalue weighted by Crippen LogP contribution is -2.06. The van der Waals surface area contributed by atoms with Crippen LogP contribution in [0.5, 0.6) is 0 Å². The van der Waals surface area contributed by atoms with Gasteiger partial charge < -0.3 is 5.11 Å². The first kappa shape index (κ1) is 10.9. The van der Waals surface area contributed by atoms with Crippen LogP contribution in [0.3, 0.4) is 0 Å². The minimum atomic E-state index is -1.03. The Labute approximate surface area is 87.5 Å². The van der Waals surface area contributed by atoms with Gasteiger partial charge in [0, 0.05) is 15.8 Å². The van der Waals surface area contributed by atoms with Crippen LogP contribution in [0.4, 0.5) is 10.5 Å². The molecule has 0 atom stereocenters. The van der Waals surface area contributed by atoms with Gasteiger partial charge in [0.1, 0.15) is 0 Å². The van der Waals surface area contributed by atoms with Crippen molar-refractivity contribution in [2.45, 2.75) is 24.0 Å². The standard InChI is InChI=1S/C10H13NO2S/c1-7(2)14-9-5-3-8(4-6-9)11-10(12)13/h3-7,11H,1-2H3,(H,12,13). The summed E-state index contributed by atoms with van der Waals surface area (Å²) in [6.07, 6.45) is -1.03. The zero-order valence-electron chi connectivity index (χ0n) is 8.15. The molecule has 0 saturated carbocycles. The van der Waals surface area contributed by atoms with Gasteiger partial charge in [-0.2, -0.15) is 0 Å². The Bertz CT molecular complexity index is 308. The van der Waals surface area contributed by atoms with Gasteiger partial charge in [0.05, 0.1) is 0 Å². The van der Waals surface area contributed by atoms with E-state index in [0.29, 0.717) is 10.9 Å². The smallest absolute Gasteiger partial charge is 0.409 e. The Morgan fingerprint density at radius 3 is 2.36 bits per heavy atom. The van der Waals surface area contributed by atoms with Crippen molar-refractivity contribution in [2.75, 3.05) is 5.32 Å². The van der Waals surface area contributed by atoms with Crippen LogP contribution in [0.2, 0.25) is 0 Å². The third-order valence-electron chi connectivity index (χ3n) is 1.48. The van der Waals surface area contributed by atoms with Gasteiger partial charge in [0.15, 0.2) is 0 Å². The lowest BCUT2D eigenvalue weighted by atomic mass is 10.3. The van der Waals surface area contributed by atoms with Crippen LogP contribution in [0.15, 0.2) is 29.2 Å². The summed E-state index contributed by atoms with van der Waals surface area (Å²) in [5, 5.41) is 11.3. The maximum Gasteiger partial charge on any atom is 0.409 e. The summed E-state index contributed by atoms with van der Waals surface area (Å²) < 4.78 is 0. The van der Waals surface area contributed by atoms with Crippen molar-refractivity contribution in [3.8, 4) is 0 Å². The predicted molar refractivity (Wildman–Crippen MR) is 59.1 cm³/mol. The molecule has 14 heavy (non-hydrogen) atoms. The van der Waals surface area contributed by atoms with Gasteiger partial charge in [-0.3, -0.25) is 5.32 Å². The van der Waals surface area contributed by atoms with Gasteiger partial charge in [0.2, 0.25) is 0 Å². The topological polar surface area (TPSA) is 49.3 Å². The molecular weight excluding hydrogens is 198 g/mol. The fraction of sp³-hybridized carbons (Fsp3) is 0.300. The molecular formula is C10H13NO2S. The molecule has 2 N–H and O–H groups in total. The number of hydrogen-bond donors (Lipinski definition) is 2. The highest BCUT2D eigenvalue weighted by Gasteiger charge is 2.00. The van der Waals surface area contributed by atoms with Crippen molar-refractivity contribution in [1.82, 2.24) is 0 Å². The van der Waals surface area contributed by atoms with Gasteiger partial charge in [-0.25, -0.2) is 4.79 Å². The number of nitrogens with one attached hydrogen (secondary N) is 1. The third-order valence-corrected chi connectivity index (χ3v) is 2.49. The van der Waals surface area contributed by atoms with E-state index in [9.17, 15) is 4.79 Å². The maximum absolute atomic E-state index is 10.3. The van der Waals surface area contributed by atoms with Crippen LogP contribution < -0.4 is 5.32 Å². The number of carbonyl (C=O) groups is 1. The number of carboxylic acid groups (broad SMARTS) is 1. The van der Waals surface area contributed by atoms with E-state index in [2.05, 4.69) is 19.2 Å². The molecule has 1 aromatic carbocycles. The lowest BCUT2D eigenvalue weighted by molar-refractivity contribution is 0.210. The first-order chi connectivity index (χ1) is 6.58. The zero-order valence-corrected chi connectivity index (χ0v) is 8.97. The molecule has 0 heterocycles. The van der Waals surface area contributed by atoms with E-state index in [4.69, 9.17) is 5.11 Å². The fourth-order valence-electron chi connectivity index (χ4n) is 1.01. The monoisotopic (exact) mass is 211 g/mol. The van der Waals surface area contributed by atoms with E-state index in [0.717, 1.165) is 4.90 Å². The quantitative estimate of drug-likeness (QED) is 0.754. The Kier molecular flexibility index (Phi) is 3.83. The molecule has 0 bridgehead atoms. The van der Waals surface area contributed by atoms with Gasteiger partial charge >= 0.3 is 6.09 Å². The summed E-state index contributed by atoms with van der Waals surface area (Å²) in [6.45, 7) is 4.24. The van der Waals surface area contributed by atoms with Crippen molar-refractivity contribution in [3.05, 3.63) is 24.3 Å². The molecule has 0 saturated heterocycles. The molecule has 3 nitrogen and oxygen atoms in total. The van der Waals surface area contributed by atoms with E-state index in [1.54, 1.807) is 23.9 Å².